The number of carbonyl (C=O) groups excluding carboxylic acids is 1. The Labute approximate surface area is 215 Å². The normalized spacial score (nSPS) is 12.2. The monoisotopic (exact) mass is 511 g/mol. The predicted octanol–water partition coefficient (Wildman–Crippen LogP) is 7.68. The van der Waals surface area contributed by atoms with Gasteiger partial charge in [-0.15, -0.1) is 0 Å². The standard InChI is InChI=1S/C30H32F3NO3/c1-2-3-4-5-6-27(24-11-13-25(14-12-24)29(37)34-20-19-28(35)36)23-9-7-21(8-10-23)22-15-17-26(18-16-22)30(31,32)33/h7-18,27H,2-6,19-20H2,1H3,(H,34,37)(H,35,36)/t27-/m1/s1. The van der Waals surface area contributed by atoms with Crippen LogP contribution >= 0.6 is 0 Å². The maximum atomic E-state index is 12.9. The predicted molar refractivity (Wildman–Crippen MR) is 139 cm³/mol. The summed E-state index contributed by atoms with van der Waals surface area (Å²) in [6, 6.07) is 20.4. The van der Waals surface area contributed by atoms with E-state index in [1.54, 1.807) is 12.1 Å². The number of carboxylic acid groups (broad SMARTS) is 1. The fourth-order valence-corrected chi connectivity index (χ4v) is 4.31. The number of hydrogen-bond donors (Lipinski definition) is 2. The van der Waals surface area contributed by atoms with Gasteiger partial charge in [-0.1, -0.05) is 81.1 Å². The molecular weight excluding hydrogens is 479 g/mol. The molecule has 0 aliphatic carbocycles. The van der Waals surface area contributed by atoms with Crippen molar-refractivity contribution in [1.29, 1.82) is 0 Å². The van der Waals surface area contributed by atoms with Crippen molar-refractivity contribution < 1.29 is 27.9 Å². The van der Waals surface area contributed by atoms with E-state index < -0.39 is 17.7 Å². The molecule has 0 saturated carbocycles. The van der Waals surface area contributed by atoms with Crippen molar-refractivity contribution in [3.8, 4) is 11.1 Å². The Morgan fingerprint density at radius 3 is 1.86 bits per heavy atom. The Kier molecular flexibility index (Phi) is 9.89. The van der Waals surface area contributed by atoms with E-state index in [0.29, 0.717) is 5.56 Å². The van der Waals surface area contributed by atoms with Crippen LogP contribution < -0.4 is 5.32 Å². The first-order valence-corrected chi connectivity index (χ1v) is 12.6. The second kappa shape index (κ2) is 13.1. The largest absolute Gasteiger partial charge is 0.481 e. The highest BCUT2D eigenvalue weighted by molar-refractivity contribution is 5.94. The van der Waals surface area contributed by atoms with Gasteiger partial charge in [-0.3, -0.25) is 9.59 Å². The number of aliphatic carboxylic acids is 1. The number of carboxylic acids is 1. The van der Waals surface area contributed by atoms with Crippen molar-refractivity contribution in [3.05, 3.63) is 95.1 Å². The van der Waals surface area contributed by atoms with Crippen molar-refractivity contribution >= 4 is 11.9 Å². The number of unbranched alkanes of at least 4 members (excludes halogenated alkanes) is 3. The molecule has 2 N–H and O–H groups in total. The van der Waals surface area contributed by atoms with Crippen LogP contribution in [0.4, 0.5) is 13.2 Å². The van der Waals surface area contributed by atoms with Gasteiger partial charge in [0.15, 0.2) is 0 Å². The Bertz CT molecular complexity index is 1150. The van der Waals surface area contributed by atoms with Crippen LogP contribution in [0.3, 0.4) is 0 Å². The first-order chi connectivity index (χ1) is 17.7. The van der Waals surface area contributed by atoms with E-state index in [9.17, 15) is 22.8 Å². The number of nitrogens with one attached hydrogen (secondary N) is 1. The van der Waals surface area contributed by atoms with Gasteiger partial charge < -0.3 is 10.4 Å². The zero-order valence-corrected chi connectivity index (χ0v) is 20.9. The summed E-state index contributed by atoms with van der Waals surface area (Å²) in [7, 11) is 0. The SMILES string of the molecule is CCCCCC[C@@H](c1ccc(C(=O)NCCC(=O)O)cc1)c1ccc(-c2ccc(C(F)(F)F)cc2)cc1. The summed E-state index contributed by atoms with van der Waals surface area (Å²) in [5, 5.41) is 11.3. The van der Waals surface area contributed by atoms with Gasteiger partial charge in [-0.05, 0) is 52.9 Å². The van der Waals surface area contributed by atoms with E-state index in [0.717, 1.165) is 66.5 Å². The van der Waals surface area contributed by atoms with Crippen LogP contribution in [0.1, 0.15) is 78.4 Å². The van der Waals surface area contributed by atoms with Crippen molar-refractivity contribution in [1.82, 2.24) is 5.32 Å². The van der Waals surface area contributed by atoms with Crippen LogP contribution in [0, 0.1) is 0 Å². The van der Waals surface area contributed by atoms with Crippen molar-refractivity contribution in [2.24, 2.45) is 0 Å². The molecule has 3 aromatic carbocycles. The van der Waals surface area contributed by atoms with Crippen LogP contribution in [-0.2, 0) is 11.0 Å². The van der Waals surface area contributed by atoms with Crippen LogP contribution in [-0.4, -0.2) is 23.5 Å². The lowest BCUT2D eigenvalue weighted by atomic mass is 9.85. The third kappa shape index (κ3) is 8.20. The van der Waals surface area contributed by atoms with E-state index in [-0.39, 0.29) is 24.8 Å². The summed E-state index contributed by atoms with van der Waals surface area (Å²) in [4.78, 5) is 23.0. The van der Waals surface area contributed by atoms with Gasteiger partial charge in [0.1, 0.15) is 0 Å². The summed E-state index contributed by atoms with van der Waals surface area (Å²) in [5.74, 6) is -1.17. The molecule has 0 heterocycles. The lowest BCUT2D eigenvalue weighted by Crippen LogP contribution is -2.25. The molecule has 0 unspecified atom stereocenters. The van der Waals surface area contributed by atoms with Gasteiger partial charge in [-0.2, -0.15) is 13.2 Å². The zero-order valence-electron chi connectivity index (χ0n) is 20.9. The molecule has 196 valence electrons. The van der Waals surface area contributed by atoms with E-state index in [2.05, 4.69) is 12.2 Å². The fraction of sp³-hybridized carbons (Fsp3) is 0.333. The number of halogens is 3. The Morgan fingerprint density at radius 1 is 0.811 bits per heavy atom. The highest BCUT2D eigenvalue weighted by Crippen LogP contribution is 2.34. The van der Waals surface area contributed by atoms with Gasteiger partial charge >= 0.3 is 12.1 Å². The van der Waals surface area contributed by atoms with E-state index in [4.69, 9.17) is 5.11 Å². The molecule has 0 aliphatic heterocycles. The molecule has 0 fully saturated rings. The van der Waals surface area contributed by atoms with Gasteiger partial charge in [0.2, 0.25) is 0 Å². The molecule has 4 nitrogen and oxygen atoms in total. The zero-order chi connectivity index (χ0) is 26.8. The molecule has 1 amide bonds. The van der Waals surface area contributed by atoms with Crippen LogP contribution in [0.5, 0.6) is 0 Å². The van der Waals surface area contributed by atoms with Gasteiger partial charge in [0.05, 0.1) is 12.0 Å². The van der Waals surface area contributed by atoms with Crippen LogP contribution in [0.2, 0.25) is 0 Å². The minimum Gasteiger partial charge on any atom is -0.481 e. The molecule has 7 heteroatoms. The molecular formula is C30H32F3NO3. The second-order valence-corrected chi connectivity index (χ2v) is 9.12. The number of rotatable bonds is 12. The molecule has 0 aliphatic rings. The first kappa shape index (κ1) is 28.0. The molecule has 0 saturated heterocycles. The van der Waals surface area contributed by atoms with E-state index in [1.165, 1.54) is 12.1 Å². The van der Waals surface area contributed by atoms with Crippen molar-refractivity contribution in [3.63, 3.8) is 0 Å². The second-order valence-electron chi connectivity index (χ2n) is 9.12. The minimum absolute atomic E-state index is 0.0707. The molecule has 3 aromatic rings. The first-order valence-electron chi connectivity index (χ1n) is 12.6. The molecule has 0 bridgehead atoms. The smallest absolute Gasteiger partial charge is 0.416 e. The third-order valence-electron chi connectivity index (χ3n) is 6.40. The highest BCUT2D eigenvalue weighted by atomic mass is 19.4. The van der Waals surface area contributed by atoms with Crippen LogP contribution in [0.15, 0.2) is 72.8 Å². The molecule has 1 atom stereocenters. The molecule has 0 radical (unpaired) electrons. The molecule has 3 rings (SSSR count). The number of carbonyl (C=O) groups is 2. The van der Waals surface area contributed by atoms with Crippen molar-refractivity contribution in [2.45, 2.75) is 57.5 Å². The summed E-state index contributed by atoms with van der Waals surface area (Å²) in [6.45, 7) is 2.24. The van der Waals surface area contributed by atoms with Gasteiger partial charge in [-0.25, -0.2) is 0 Å². The highest BCUT2D eigenvalue weighted by Gasteiger charge is 2.30. The average Bonchev–Trinajstić information content (AvgIpc) is 2.88. The Morgan fingerprint density at radius 2 is 1.35 bits per heavy atom. The summed E-state index contributed by atoms with van der Waals surface area (Å²) in [5.41, 5.74) is 3.54. The lowest BCUT2D eigenvalue weighted by Gasteiger charge is -2.19. The fourth-order valence-electron chi connectivity index (χ4n) is 4.31. The number of hydrogen-bond acceptors (Lipinski definition) is 2. The van der Waals surface area contributed by atoms with Crippen molar-refractivity contribution in [2.75, 3.05) is 6.54 Å². The summed E-state index contributed by atoms with van der Waals surface area (Å²) in [6.07, 6.45) is 0.919. The summed E-state index contributed by atoms with van der Waals surface area (Å²) >= 11 is 0. The quantitative estimate of drug-likeness (QED) is 0.245. The number of alkyl halides is 3. The maximum absolute atomic E-state index is 12.9. The average molecular weight is 512 g/mol. The maximum Gasteiger partial charge on any atom is 0.416 e. The van der Waals surface area contributed by atoms with Gasteiger partial charge in [0.25, 0.3) is 5.91 Å². The molecule has 37 heavy (non-hydrogen) atoms. The Balaban J connectivity index is 1.77. The third-order valence-corrected chi connectivity index (χ3v) is 6.40. The molecule has 0 aromatic heterocycles. The number of amides is 1. The molecule has 0 spiro atoms. The lowest BCUT2D eigenvalue weighted by molar-refractivity contribution is -0.138. The topological polar surface area (TPSA) is 66.4 Å². The van der Waals surface area contributed by atoms with E-state index in [1.807, 2.05) is 36.4 Å². The van der Waals surface area contributed by atoms with E-state index >= 15 is 0 Å². The number of benzene rings is 3. The van der Waals surface area contributed by atoms with Crippen LogP contribution in [0.25, 0.3) is 11.1 Å². The summed E-state index contributed by atoms with van der Waals surface area (Å²) < 4.78 is 38.7. The minimum atomic E-state index is -4.36. The van der Waals surface area contributed by atoms with Gasteiger partial charge in [0, 0.05) is 18.0 Å². The Hall–Kier alpha value is -3.61.